The van der Waals surface area contributed by atoms with Crippen LogP contribution in [0.3, 0.4) is 0 Å². The van der Waals surface area contributed by atoms with Crippen LogP contribution in [0.4, 0.5) is 11.6 Å². The maximum absolute atomic E-state index is 10.1. The number of aliphatic hydroxyl groups is 1. The van der Waals surface area contributed by atoms with Gasteiger partial charge in [0.15, 0.2) is 5.15 Å². The predicted octanol–water partition coefficient (Wildman–Crippen LogP) is 3.04. The van der Waals surface area contributed by atoms with E-state index in [4.69, 9.17) is 16.3 Å². The predicted molar refractivity (Wildman–Crippen MR) is 94.5 cm³/mol. The molecule has 3 heterocycles. The third kappa shape index (κ3) is 2.91. The zero-order chi connectivity index (χ0) is 17.4. The van der Waals surface area contributed by atoms with E-state index in [2.05, 4.69) is 25.4 Å². The SMILES string of the molecule is CCOc1nc(Nc2cnn(C3CCCC3O)c2Cl)nc2[nH]ccc12. The van der Waals surface area contributed by atoms with Gasteiger partial charge < -0.3 is 20.1 Å². The number of H-pyrrole nitrogens is 1. The van der Waals surface area contributed by atoms with E-state index in [0.717, 1.165) is 24.6 Å². The second kappa shape index (κ2) is 6.53. The van der Waals surface area contributed by atoms with E-state index in [9.17, 15) is 5.11 Å². The molecule has 3 aromatic heterocycles. The summed E-state index contributed by atoms with van der Waals surface area (Å²) in [6.45, 7) is 2.41. The molecule has 0 amide bonds. The molecule has 0 saturated heterocycles. The van der Waals surface area contributed by atoms with Crippen LogP contribution in [0.5, 0.6) is 5.88 Å². The van der Waals surface area contributed by atoms with Crippen molar-refractivity contribution in [3.05, 3.63) is 23.6 Å². The fraction of sp³-hybridized carbons (Fsp3) is 0.438. The highest BCUT2D eigenvalue weighted by atomic mass is 35.5. The summed E-state index contributed by atoms with van der Waals surface area (Å²) in [5, 5.41) is 18.7. The molecule has 1 aliphatic rings. The fourth-order valence-corrected chi connectivity index (χ4v) is 3.47. The van der Waals surface area contributed by atoms with E-state index in [-0.39, 0.29) is 6.04 Å². The molecule has 0 radical (unpaired) electrons. The van der Waals surface area contributed by atoms with Gasteiger partial charge in [-0.3, -0.25) is 0 Å². The van der Waals surface area contributed by atoms with Crippen molar-refractivity contribution in [2.24, 2.45) is 0 Å². The van der Waals surface area contributed by atoms with Crippen molar-refractivity contribution in [1.29, 1.82) is 0 Å². The molecule has 8 nitrogen and oxygen atoms in total. The Morgan fingerprint density at radius 1 is 1.44 bits per heavy atom. The minimum atomic E-state index is -0.415. The van der Waals surface area contributed by atoms with Crippen molar-refractivity contribution in [3.63, 3.8) is 0 Å². The number of aromatic amines is 1. The number of aliphatic hydroxyl groups excluding tert-OH is 1. The van der Waals surface area contributed by atoms with Crippen LogP contribution in [0.2, 0.25) is 5.15 Å². The summed E-state index contributed by atoms with van der Waals surface area (Å²) in [6, 6.07) is 1.78. The van der Waals surface area contributed by atoms with E-state index in [1.54, 1.807) is 17.1 Å². The minimum Gasteiger partial charge on any atom is -0.477 e. The summed E-state index contributed by atoms with van der Waals surface area (Å²) in [6.07, 6.45) is 5.60. The van der Waals surface area contributed by atoms with Crippen LogP contribution in [-0.2, 0) is 0 Å². The quantitative estimate of drug-likeness (QED) is 0.645. The molecule has 2 atom stereocenters. The lowest BCUT2D eigenvalue weighted by atomic mass is 10.2. The highest BCUT2D eigenvalue weighted by Crippen LogP contribution is 2.35. The van der Waals surface area contributed by atoms with E-state index >= 15 is 0 Å². The number of hydrogen-bond acceptors (Lipinski definition) is 6. The number of halogens is 1. The average molecular weight is 363 g/mol. The molecule has 3 aromatic rings. The minimum absolute atomic E-state index is 0.0890. The first-order chi connectivity index (χ1) is 12.2. The molecule has 1 aliphatic carbocycles. The largest absolute Gasteiger partial charge is 0.477 e. The Kier molecular flexibility index (Phi) is 4.22. The van der Waals surface area contributed by atoms with Crippen molar-refractivity contribution in [1.82, 2.24) is 24.7 Å². The van der Waals surface area contributed by atoms with Gasteiger partial charge in [0.25, 0.3) is 0 Å². The van der Waals surface area contributed by atoms with E-state index < -0.39 is 6.10 Å². The molecule has 4 rings (SSSR count). The lowest BCUT2D eigenvalue weighted by Gasteiger charge is -2.16. The number of ether oxygens (including phenoxy) is 1. The zero-order valence-corrected chi connectivity index (χ0v) is 14.5. The van der Waals surface area contributed by atoms with Gasteiger partial charge in [0.1, 0.15) is 5.65 Å². The monoisotopic (exact) mass is 362 g/mol. The van der Waals surface area contributed by atoms with E-state index in [1.807, 2.05) is 13.0 Å². The fourth-order valence-electron chi connectivity index (χ4n) is 3.20. The Morgan fingerprint density at radius 2 is 2.32 bits per heavy atom. The van der Waals surface area contributed by atoms with Crippen LogP contribution in [0.15, 0.2) is 18.5 Å². The highest BCUT2D eigenvalue weighted by Gasteiger charge is 2.29. The number of anilines is 2. The first kappa shape index (κ1) is 16.2. The second-order valence-corrected chi connectivity index (χ2v) is 6.37. The first-order valence-electron chi connectivity index (χ1n) is 8.33. The molecular weight excluding hydrogens is 344 g/mol. The van der Waals surface area contributed by atoms with Crippen LogP contribution in [0.25, 0.3) is 11.0 Å². The Hall–Kier alpha value is -2.32. The van der Waals surface area contributed by atoms with Crippen LogP contribution < -0.4 is 10.1 Å². The number of aromatic nitrogens is 5. The van der Waals surface area contributed by atoms with Gasteiger partial charge in [0.05, 0.1) is 36.0 Å². The molecule has 9 heteroatoms. The second-order valence-electron chi connectivity index (χ2n) is 6.01. The van der Waals surface area contributed by atoms with E-state index in [0.29, 0.717) is 34.9 Å². The molecule has 132 valence electrons. The molecule has 0 bridgehead atoms. The summed E-state index contributed by atoms with van der Waals surface area (Å²) in [5.74, 6) is 0.873. The molecule has 2 unspecified atom stereocenters. The maximum atomic E-state index is 10.1. The van der Waals surface area contributed by atoms with Gasteiger partial charge in [-0.15, -0.1) is 0 Å². The molecule has 1 saturated carbocycles. The van der Waals surface area contributed by atoms with Crippen LogP contribution in [0.1, 0.15) is 32.2 Å². The van der Waals surface area contributed by atoms with Gasteiger partial charge >= 0.3 is 0 Å². The Bertz CT molecular complexity index is 892. The third-order valence-electron chi connectivity index (χ3n) is 4.40. The van der Waals surface area contributed by atoms with Gasteiger partial charge in [0, 0.05) is 6.20 Å². The van der Waals surface area contributed by atoms with Gasteiger partial charge in [-0.05, 0) is 32.3 Å². The molecule has 3 N–H and O–H groups in total. The van der Waals surface area contributed by atoms with Crippen molar-refractivity contribution in [2.75, 3.05) is 11.9 Å². The number of hydrogen-bond donors (Lipinski definition) is 3. The summed E-state index contributed by atoms with van der Waals surface area (Å²) < 4.78 is 7.25. The van der Waals surface area contributed by atoms with Crippen LogP contribution >= 0.6 is 11.6 Å². The Labute approximate surface area is 149 Å². The standard InChI is InChI=1S/C16H19ClN6O2/c1-2-25-15-9-6-7-18-14(9)21-16(22-15)20-10-8-19-23(13(10)17)11-4-3-5-12(11)24/h6-8,11-12,24H,2-5H2,1H3,(H2,18,20,21,22). The average Bonchev–Trinajstić information content (AvgIpc) is 3.30. The normalized spacial score (nSPS) is 20.3. The van der Waals surface area contributed by atoms with Crippen molar-refractivity contribution < 1.29 is 9.84 Å². The summed E-state index contributed by atoms with van der Waals surface area (Å²) >= 11 is 6.45. The summed E-state index contributed by atoms with van der Waals surface area (Å²) in [7, 11) is 0. The van der Waals surface area contributed by atoms with Gasteiger partial charge in [-0.25, -0.2) is 4.68 Å². The highest BCUT2D eigenvalue weighted by molar-refractivity contribution is 6.32. The van der Waals surface area contributed by atoms with Crippen molar-refractivity contribution in [2.45, 2.75) is 38.3 Å². The summed E-state index contributed by atoms with van der Waals surface area (Å²) in [4.78, 5) is 11.9. The van der Waals surface area contributed by atoms with Crippen LogP contribution in [0, 0.1) is 0 Å². The topological polar surface area (TPSA) is 101 Å². The Balaban J connectivity index is 1.64. The molecule has 0 spiro atoms. The van der Waals surface area contributed by atoms with Gasteiger partial charge in [-0.2, -0.15) is 15.1 Å². The number of fused-ring (bicyclic) bond motifs is 1. The van der Waals surface area contributed by atoms with Crippen molar-refractivity contribution in [3.8, 4) is 5.88 Å². The lowest BCUT2D eigenvalue weighted by Crippen LogP contribution is -2.19. The van der Waals surface area contributed by atoms with E-state index in [1.165, 1.54) is 0 Å². The summed E-state index contributed by atoms with van der Waals surface area (Å²) in [5.41, 5.74) is 1.27. The van der Waals surface area contributed by atoms with Gasteiger partial charge in [0.2, 0.25) is 11.8 Å². The molecular formula is C16H19ClN6O2. The Morgan fingerprint density at radius 3 is 3.08 bits per heavy atom. The molecule has 0 aliphatic heterocycles. The number of nitrogens with zero attached hydrogens (tertiary/aromatic N) is 4. The smallest absolute Gasteiger partial charge is 0.232 e. The zero-order valence-electron chi connectivity index (χ0n) is 13.7. The molecule has 1 fully saturated rings. The van der Waals surface area contributed by atoms with Gasteiger partial charge in [-0.1, -0.05) is 11.6 Å². The lowest BCUT2D eigenvalue weighted by molar-refractivity contribution is 0.130. The first-order valence-corrected chi connectivity index (χ1v) is 8.71. The number of nitrogens with one attached hydrogen (secondary N) is 2. The maximum Gasteiger partial charge on any atom is 0.232 e. The van der Waals surface area contributed by atoms with Crippen LogP contribution in [-0.4, -0.2) is 42.5 Å². The molecule has 0 aromatic carbocycles. The number of rotatable bonds is 5. The molecule has 25 heavy (non-hydrogen) atoms. The third-order valence-corrected chi connectivity index (χ3v) is 4.78. The van der Waals surface area contributed by atoms with Crippen molar-refractivity contribution >= 4 is 34.3 Å².